The van der Waals surface area contributed by atoms with Crippen LogP contribution in [0, 0.1) is 12.7 Å². The summed E-state index contributed by atoms with van der Waals surface area (Å²) in [5, 5.41) is 6.03. The lowest BCUT2D eigenvalue weighted by atomic mass is 10.1. The van der Waals surface area contributed by atoms with Crippen molar-refractivity contribution in [2.75, 3.05) is 10.6 Å². The number of amides is 1. The lowest BCUT2D eigenvalue weighted by Crippen LogP contribution is -2.14. The van der Waals surface area contributed by atoms with Gasteiger partial charge in [-0.1, -0.05) is 36.4 Å². The number of halogens is 1. The third-order valence-corrected chi connectivity index (χ3v) is 4.02. The Kier molecular flexibility index (Phi) is 5.59. The molecule has 0 saturated carbocycles. The van der Waals surface area contributed by atoms with Crippen molar-refractivity contribution in [3.63, 3.8) is 0 Å². The number of anilines is 2. The van der Waals surface area contributed by atoms with Gasteiger partial charge in [0.2, 0.25) is 5.91 Å². The van der Waals surface area contributed by atoms with Crippen LogP contribution in [0.15, 0.2) is 66.9 Å². The molecule has 0 aliphatic rings. The maximum atomic E-state index is 13.2. The highest BCUT2D eigenvalue weighted by Crippen LogP contribution is 2.13. The lowest BCUT2D eigenvalue weighted by Gasteiger charge is -2.09. The SMILES string of the molecule is Cc1ccccc1CNc1ccc(NC(=O)Cc2cccc(F)c2)cn1. The second kappa shape index (κ2) is 8.25. The normalized spacial score (nSPS) is 10.4. The molecule has 0 bridgehead atoms. The average molecular weight is 349 g/mol. The summed E-state index contributed by atoms with van der Waals surface area (Å²) in [6.07, 6.45) is 1.72. The van der Waals surface area contributed by atoms with Crippen LogP contribution in [-0.2, 0) is 17.8 Å². The lowest BCUT2D eigenvalue weighted by molar-refractivity contribution is -0.115. The molecule has 1 aromatic heterocycles. The predicted octanol–water partition coefficient (Wildman–Crippen LogP) is 4.32. The Balaban J connectivity index is 1.54. The van der Waals surface area contributed by atoms with Gasteiger partial charge in [0.1, 0.15) is 11.6 Å². The number of hydrogen-bond donors (Lipinski definition) is 2. The first-order chi connectivity index (χ1) is 12.6. The Bertz CT molecular complexity index is 894. The summed E-state index contributed by atoms with van der Waals surface area (Å²) in [6, 6.07) is 17.8. The molecule has 0 fully saturated rings. The fraction of sp³-hybridized carbons (Fsp3) is 0.143. The Labute approximate surface area is 152 Å². The second-order valence-electron chi connectivity index (χ2n) is 6.07. The van der Waals surface area contributed by atoms with E-state index in [1.54, 1.807) is 24.4 Å². The van der Waals surface area contributed by atoms with E-state index in [9.17, 15) is 9.18 Å². The van der Waals surface area contributed by atoms with Crippen molar-refractivity contribution < 1.29 is 9.18 Å². The van der Waals surface area contributed by atoms with Gasteiger partial charge in [-0.15, -0.1) is 0 Å². The summed E-state index contributed by atoms with van der Waals surface area (Å²) in [5.41, 5.74) is 3.67. The van der Waals surface area contributed by atoms with Gasteiger partial charge in [-0.2, -0.15) is 0 Å². The summed E-state index contributed by atoms with van der Waals surface area (Å²) in [5.74, 6) is 0.176. The van der Waals surface area contributed by atoms with E-state index < -0.39 is 0 Å². The Morgan fingerprint density at radius 1 is 1.08 bits per heavy atom. The molecule has 1 amide bonds. The van der Waals surface area contributed by atoms with E-state index in [4.69, 9.17) is 0 Å². The van der Waals surface area contributed by atoms with E-state index >= 15 is 0 Å². The first-order valence-electron chi connectivity index (χ1n) is 8.39. The minimum Gasteiger partial charge on any atom is -0.366 e. The quantitative estimate of drug-likeness (QED) is 0.697. The Morgan fingerprint density at radius 2 is 1.92 bits per heavy atom. The van der Waals surface area contributed by atoms with Crippen molar-refractivity contribution in [3.8, 4) is 0 Å². The number of aryl methyl sites for hydroxylation is 1. The maximum absolute atomic E-state index is 13.2. The number of carbonyl (C=O) groups excluding carboxylic acids is 1. The van der Waals surface area contributed by atoms with Gasteiger partial charge < -0.3 is 10.6 Å². The molecular weight excluding hydrogens is 329 g/mol. The monoisotopic (exact) mass is 349 g/mol. The molecule has 0 aliphatic heterocycles. The summed E-state index contributed by atoms with van der Waals surface area (Å²) in [4.78, 5) is 16.4. The van der Waals surface area contributed by atoms with Gasteiger partial charge in [0.15, 0.2) is 0 Å². The van der Waals surface area contributed by atoms with Crippen LogP contribution in [0.4, 0.5) is 15.9 Å². The molecule has 0 radical (unpaired) electrons. The molecule has 0 saturated heterocycles. The molecule has 4 nitrogen and oxygen atoms in total. The van der Waals surface area contributed by atoms with E-state index in [1.165, 1.54) is 23.3 Å². The predicted molar refractivity (Wildman–Crippen MR) is 101 cm³/mol. The first-order valence-corrected chi connectivity index (χ1v) is 8.39. The van der Waals surface area contributed by atoms with Crippen molar-refractivity contribution in [2.45, 2.75) is 19.9 Å². The van der Waals surface area contributed by atoms with Crippen LogP contribution in [0.1, 0.15) is 16.7 Å². The standard InChI is InChI=1S/C21H20FN3O/c1-15-5-2-3-7-17(15)13-23-20-10-9-19(14-24-20)25-21(26)12-16-6-4-8-18(22)11-16/h2-11,14H,12-13H2,1H3,(H,23,24)(H,25,26). The van der Waals surface area contributed by atoms with Crippen molar-refractivity contribution in [1.29, 1.82) is 0 Å². The van der Waals surface area contributed by atoms with Gasteiger partial charge in [0, 0.05) is 6.54 Å². The number of benzene rings is 2. The van der Waals surface area contributed by atoms with Crippen molar-refractivity contribution in [3.05, 3.63) is 89.4 Å². The van der Waals surface area contributed by atoms with Crippen LogP contribution in [0.3, 0.4) is 0 Å². The zero-order valence-corrected chi connectivity index (χ0v) is 14.5. The molecule has 3 aromatic rings. The molecular formula is C21H20FN3O. The minimum atomic E-state index is -0.346. The van der Waals surface area contributed by atoms with E-state index in [-0.39, 0.29) is 18.1 Å². The number of carbonyl (C=O) groups is 1. The average Bonchev–Trinajstić information content (AvgIpc) is 2.62. The molecule has 5 heteroatoms. The molecule has 26 heavy (non-hydrogen) atoms. The smallest absolute Gasteiger partial charge is 0.228 e. The zero-order chi connectivity index (χ0) is 18.4. The van der Waals surface area contributed by atoms with Crippen LogP contribution in [0.25, 0.3) is 0 Å². The number of aromatic nitrogens is 1. The van der Waals surface area contributed by atoms with E-state index in [1.807, 2.05) is 18.2 Å². The first kappa shape index (κ1) is 17.6. The van der Waals surface area contributed by atoms with Gasteiger partial charge in [0.05, 0.1) is 18.3 Å². The summed E-state index contributed by atoms with van der Waals surface area (Å²) >= 11 is 0. The minimum absolute atomic E-state index is 0.116. The highest BCUT2D eigenvalue weighted by molar-refractivity contribution is 5.92. The van der Waals surface area contributed by atoms with Crippen molar-refractivity contribution in [2.24, 2.45) is 0 Å². The van der Waals surface area contributed by atoms with Gasteiger partial charge in [0.25, 0.3) is 0 Å². The van der Waals surface area contributed by atoms with Gasteiger partial charge in [-0.3, -0.25) is 4.79 Å². The van der Waals surface area contributed by atoms with Crippen LogP contribution < -0.4 is 10.6 Å². The fourth-order valence-corrected chi connectivity index (χ4v) is 2.60. The molecule has 0 atom stereocenters. The largest absolute Gasteiger partial charge is 0.366 e. The van der Waals surface area contributed by atoms with E-state index in [0.29, 0.717) is 17.8 Å². The summed E-state index contributed by atoms with van der Waals surface area (Å²) in [6.45, 7) is 2.76. The van der Waals surface area contributed by atoms with Crippen LogP contribution >= 0.6 is 0 Å². The van der Waals surface area contributed by atoms with Crippen LogP contribution in [0.2, 0.25) is 0 Å². The van der Waals surface area contributed by atoms with Gasteiger partial charge in [-0.05, 0) is 47.9 Å². The number of nitrogens with one attached hydrogen (secondary N) is 2. The third kappa shape index (κ3) is 4.89. The van der Waals surface area contributed by atoms with Crippen molar-refractivity contribution >= 4 is 17.4 Å². The fourth-order valence-electron chi connectivity index (χ4n) is 2.60. The molecule has 3 rings (SSSR count). The number of pyridine rings is 1. The van der Waals surface area contributed by atoms with Gasteiger partial charge >= 0.3 is 0 Å². The zero-order valence-electron chi connectivity index (χ0n) is 14.5. The molecule has 0 aliphatic carbocycles. The molecule has 0 unspecified atom stereocenters. The second-order valence-corrected chi connectivity index (χ2v) is 6.07. The number of nitrogens with zero attached hydrogens (tertiary/aromatic N) is 1. The molecule has 2 aromatic carbocycles. The van der Waals surface area contributed by atoms with Gasteiger partial charge in [-0.25, -0.2) is 9.37 Å². The topological polar surface area (TPSA) is 54.0 Å². The molecule has 1 heterocycles. The Hall–Kier alpha value is -3.21. The van der Waals surface area contributed by atoms with E-state index in [0.717, 1.165) is 5.82 Å². The highest BCUT2D eigenvalue weighted by atomic mass is 19.1. The molecule has 2 N–H and O–H groups in total. The summed E-state index contributed by atoms with van der Waals surface area (Å²) < 4.78 is 13.2. The Morgan fingerprint density at radius 3 is 2.65 bits per heavy atom. The molecule has 0 spiro atoms. The highest BCUT2D eigenvalue weighted by Gasteiger charge is 2.06. The summed E-state index contributed by atoms with van der Waals surface area (Å²) in [7, 11) is 0. The van der Waals surface area contributed by atoms with Crippen LogP contribution in [-0.4, -0.2) is 10.9 Å². The maximum Gasteiger partial charge on any atom is 0.228 e. The van der Waals surface area contributed by atoms with Crippen LogP contribution in [0.5, 0.6) is 0 Å². The third-order valence-electron chi connectivity index (χ3n) is 4.02. The number of rotatable bonds is 6. The molecule has 132 valence electrons. The van der Waals surface area contributed by atoms with E-state index in [2.05, 4.69) is 34.7 Å². The van der Waals surface area contributed by atoms with Crippen molar-refractivity contribution in [1.82, 2.24) is 4.98 Å². The number of hydrogen-bond acceptors (Lipinski definition) is 3.